The predicted octanol–water partition coefficient (Wildman–Crippen LogP) is 9.28. The van der Waals surface area contributed by atoms with Crippen LogP contribution in [0.1, 0.15) is 107 Å². The first-order chi connectivity index (χ1) is 51.1. The zero-order chi connectivity index (χ0) is 75.3. The van der Waals surface area contributed by atoms with E-state index in [1.54, 1.807) is 24.5 Å². The number of carbonyl (C=O) groups is 2. The van der Waals surface area contributed by atoms with Crippen LogP contribution in [0.15, 0.2) is 141 Å². The molecule has 5 aliphatic rings. The number of nitrogen functional groups attached to an aromatic ring is 1. The summed E-state index contributed by atoms with van der Waals surface area (Å²) in [6, 6.07) is 36.5. The predicted molar refractivity (Wildman–Crippen MR) is 437 cm³/mol. The fraction of sp³-hybridized carbons (Fsp3) is 0.513. The number of nitrogens with one attached hydrogen (secondary N) is 4. The molecule has 0 spiro atoms. The van der Waals surface area contributed by atoms with Gasteiger partial charge >= 0.3 is 29.6 Å². The smallest absolute Gasteiger partial charge is 0.870 e. The minimum absolute atomic E-state index is 0. The van der Waals surface area contributed by atoms with Crippen molar-refractivity contribution in [2.24, 2.45) is 5.73 Å². The Morgan fingerprint density at radius 3 is 1.17 bits per heavy atom. The third-order valence-electron chi connectivity index (χ3n) is 16.4. The molecular formula is C76H113Br4N18NaO8. The SMILES string of the molecule is BrCc1cccc(Br)n1.Brc1cccc(COCCN2CCCC2)n1.CC(=O)Nc1cccc(COCCN2CCCC2)n1.CC(N)=O.CNc1ccnc(Br)c1.CNc1ccnc(Nc2cccc(COCCN3CCCC3)n2)c1.Nc1cccc(COCCN2CCCC2)n1.OCCN1CCCC1.[Na+].[OH-]. The summed E-state index contributed by atoms with van der Waals surface area (Å²) in [7, 11) is 3.76. The topological polar surface area (TPSA) is 328 Å². The van der Waals surface area contributed by atoms with Gasteiger partial charge in [-0.25, -0.2) is 34.9 Å². The number of rotatable bonds is 28. The minimum Gasteiger partial charge on any atom is -0.870 e. The van der Waals surface area contributed by atoms with Gasteiger partial charge in [0.2, 0.25) is 11.8 Å². The van der Waals surface area contributed by atoms with E-state index in [1.807, 2.05) is 117 Å². The van der Waals surface area contributed by atoms with Gasteiger partial charge in [0.25, 0.3) is 0 Å². The molecule has 12 heterocycles. The maximum absolute atomic E-state index is 10.9. The molecule has 0 saturated carbocycles. The number of aliphatic hydroxyl groups excluding tert-OH is 1. The third-order valence-corrected chi connectivity index (χ3v) is 18.3. The fourth-order valence-corrected chi connectivity index (χ4v) is 12.5. The molecule has 7 aromatic rings. The summed E-state index contributed by atoms with van der Waals surface area (Å²) >= 11 is 13.2. The molecule has 0 bridgehead atoms. The first kappa shape index (κ1) is 95.9. The maximum Gasteiger partial charge on any atom is 1.00 e. The molecule has 0 aliphatic carbocycles. The number of nitrogens with two attached hydrogens (primary N) is 2. The monoisotopic (exact) mass is 1740 g/mol. The molecule has 12 rings (SSSR count). The number of nitrogens with zero attached hydrogens (tertiary/aromatic N) is 12. The molecule has 5 aliphatic heterocycles. The number of primary amides is 1. The van der Waals surface area contributed by atoms with Crippen LogP contribution in [0, 0.1) is 0 Å². The second-order valence-electron chi connectivity index (χ2n) is 25.0. The third kappa shape index (κ3) is 46.8. The molecule has 0 unspecified atom stereocenters. The molecule has 584 valence electrons. The van der Waals surface area contributed by atoms with Gasteiger partial charge in [0.05, 0.1) is 87.9 Å². The van der Waals surface area contributed by atoms with Gasteiger partial charge in [-0.1, -0.05) is 46.3 Å². The van der Waals surface area contributed by atoms with Gasteiger partial charge in [-0.05, 0) is 256 Å². The Hall–Kier alpha value is -5.33. The second-order valence-corrected chi connectivity index (χ2v) is 28.0. The molecule has 2 amide bonds. The van der Waals surface area contributed by atoms with E-state index in [9.17, 15) is 9.59 Å². The van der Waals surface area contributed by atoms with Crippen molar-refractivity contribution in [3.8, 4) is 0 Å². The van der Waals surface area contributed by atoms with Gasteiger partial charge in [-0.3, -0.25) is 9.59 Å². The van der Waals surface area contributed by atoms with Crippen molar-refractivity contribution in [2.45, 2.75) is 110 Å². The summed E-state index contributed by atoms with van der Waals surface area (Å²) in [4.78, 5) is 62.0. The van der Waals surface area contributed by atoms with Crippen LogP contribution in [0.25, 0.3) is 0 Å². The number of ether oxygens (including phenoxy) is 4. The van der Waals surface area contributed by atoms with Gasteiger partial charge in [0.1, 0.15) is 37.1 Å². The van der Waals surface area contributed by atoms with Gasteiger partial charge in [0.15, 0.2) is 0 Å². The molecule has 7 aromatic heterocycles. The van der Waals surface area contributed by atoms with Crippen molar-refractivity contribution in [2.75, 3.05) is 172 Å². The number of aromatic nitrogens is 7. The van der Waals surface area contributed by atoms with E-state index in [-0.39, 0.29) is 46.8 Å². The first-order valence-electron chi connectivity index (χ1n) is 36.3. The van der Waals surface area contributed by atoms with Crippen molar-refractivity contribution in [3.05, 3.63) is 170 Å². The Labute approximate surface area is 690 Å². The van der Waals surface area contributed by atoms with E-state index < -0.39 is 0 Å². The van der Waals surface area contributed by atoms with Crippen LogP contribution < -0.4 is 62.3 Å². The van der Waals surface area contributed by atoms with E-state index in [2.05, 4.69) is 150 Å². The first-order valence-corrected chi connectivity index (χ1v) is 39.8. The number of anilines is 6. The summed E-state index contributed by atoms with van der Waals surface area (Å²) in [5.74, 6) is 2.23. The Morgan fingerprint density at radius 1 is 0.458 bits per heavy atom. The van der Waals surface area contributed by atoms with Crippen LogP contribution in [-0.4, -0.2) is 227 Å². The van der Waals surface area contributed by atoms with Gasteiger partial charge in [-0.15, -0.1) is 0 Å². The summed E-state index contributed by atoms with van der Waals surface area (Å²) in [6.07, 6.45) is 16.7. The number of hydrogen-bond donors (Lipinski definition) is 7. The van der Waals surface area contributed by atoms with E-state index >= 15 is 0 Å². The zero-order valence-electron chi connectivity index (χ0n) is 63.3. The van der Waals surface area contributed by atoms with E-state index in [0.717, 1.165) is 130 Å². The fourth-order valence-electron chi connectivity index (χ4n) is 11.1. The molecule has 31 heteroatoms. The largest absolute Gasteiger partial charge is 1.00 e. The number of pyridine rings is 7. The van der Waals surface area contributed by atoms with Crippen LogP contribution in [0.4, 0.5) is 34.6 Å². The number of halogens is 4. The van der Waals surface area contributed by atoms with E-state index in [4.69, 9.17) is 29.8 Å². The molecule has 0 radical (unpaired) electrons. The molecule has 0 atom stereocenters. The zero-order valence-corrected chi connectivity index (χ0v) is 71.6. The van der Waals surface area contributed by atoms with E-state index in [0.29, 0.717) is 44.7 Å². The Kier molecular flexibility index (Phi) is 54.1. The molecule has 10 N–H and O–H groups in total. The van der Waals surface area contributed by atoms with Crippen LogP contribution in [0.5, 0.6) is 0 Å². The number of aliphatic hydroxyl groups is 1. The number of alkyl halides is 1. The Morgan fingerprint density at radius 2 is 0.804 bits per heavy atom. The van der Waals surface area contributed by atoms with Gasteiger partial charge in [0, 0.05) is 95.8 Å². The van der Waals surface area contributed by atoms with E-state index in [1.165, 1.54) is 144 Å². The quantitative estimate of drug-likeness (QED) is 0.0104. The van der Waals surface area contributed by atoms with Crippen LogP contribution in [-0.2, 0) is 60.3 Å². The Bertz CT molecular complexity index is 3340. The van der Waals surface area contributed by atoms with Crippen molar-refractivity contribution in [1.29, 1.82) is 0 Å². The number of likely N-dealkylation sites (tertiary alicyclic amines) is 5. The summed E-state index contributed by atoms with van der Waals surface area (Å²) in [5, 5.41) is 21.3. The van der Waals surface area contributed by atoms with Crippen molar-refractivity contribution in [3.63, 3.8) is 0 Å². The number of β-amino-alcohol motifs (C(OH)–C–C–N with tert-alkyl or cyclic N) is 1. The standard InChI is InChI=1S/C18H25N5O.C14H21N3O2.C12H17BrN2O.C12H19N3O.C6H5Br2N.C6H7BrN2.C6H13NO.C2H5NO.Na.H2O/c1-19-15-7-8-20-18(13-15)22-17-6-4-5-16(21-17)14-24-12-11-23-9-2-3-10-23;1-12(18)15-14-6-4-5-13(16-14)11-19-10-9-17-7-2-3-8-17;2*13-12-5-3-4-11(14-12)10-16-9-8-15-6-1-2-7-15;7-4-5-2-1-3-6(8)9-5;1-8-5-2-3-9-6(7)4-5;8-6-5-7-3-1-2-4-7;1-2(3)4;;/h4-8,13H,2-3,9-12,14H2,1H3,(H2,19,20,21,22);4-6H,2-3,7-11H2,1H3,(H,15,16,18);3-5H,1-2,6-10H2;3-5H,1-2,6-10H2,(H2,13,14);1-3H,4H2;2-4H,1H3,(H,8,9);8H,1-6H2;1H3,(H2,3,4);;1H2/q;;;;;;;;+1;/p-1. The van der Waals surface area contributed by atoms with Crippen molar-refractivity contribution < 1.29 is 68.7 Å². The summed E-state index contributed by atoms with van der Waals surface area (Å²) in [5.41, 5.74) is 16.8. The van der Waals surface area contributed by atoms with Crippen LogP contribution in [0.2, 0.25) is 0 Å². The second kappa shape index (κ2) is 60.4. The Balaban J connectivity index is 0.000000329. The van der Waals surface area contributed by atoms with Crippen molar-refractivity contribution in [1.82, 2.24) is 59.4 Å². The average Bonchev–Trinajstić information content (AvgIpc) is 1.40. The molecule has 26 nitrogen and oxygen atoms in total. The molecule has 107 heavy (non-hydrogen) atoms. The average molecular weight is 1750 g/mol. The number of hydrogen-bond acceptors (Lipinski definition) is 24. The minimum atomic E-state index is -0.333. The normalized spacial score (nSPS) is 14.6. The van der Waals surface area contributed by atoms with Crippen LogP contribution >= 0.6 is 63.7 Å². The summed E-state index contributed by atoms with van der Waals surface area (Å²) in [6.45, 7) is 25.4. The molecular weight excluding hydrogens is 1640 g/mol. The number of amides is 2. The molecule has 5 saturated heterocycles. The molecule has 5 fully saturated rings. The number of carbonyl (C=O) groups excluding carboxylic acids is 2. The van der Waals surface area contributed by atoms with Gasteiger partial charge < -0.3 is 86.8 Å². The van der Waals surface area contributed by atoms with Gasteiger partial charge in [-0.2, -0.15) is 0 Å². The molecule has 0 aromatic carbocycles. The van der Waals surface area contributed by atoms with Crippen molar-refractivity contribution >= 4 is 110 Å². The maximum atomic E-state index is 10.9. The van der Waals surface area contributed by atoms with Crippen LogP contribution in [0.3, 0.4) is 0 Å². The summed E-state index contributed by atoms with van der Waals surface area (Å²) < 4.78 is 25.2.